The molecular formula is C60H66O2. The summed E-state index contributed by atoms with van der Waals surface area (Å²) in [5.74, 6) is 5.17. The average molecular weight is 819 g/mol. The van der Waals surface area contributed by atoms with E-state index in [0.29, 0.717) is 13.2 Å². The number of fused-ring (bicyclic) bond motifs is 2. The van der Waals surface area contributed by atoms with Crippen molar-refractivity contribution in [1.29, 1.82) is 0 Å². The summed E-state index contributed by atoms with van der Waals surface area (Å²) in [6.45, 7) is 5.87. The molecule has 0 unspecified atom stereocenters. The van der Waals surface area contributed by atoms with Gasteiger partial charge in [-0.3, -0.25) is 0 Å². The number of aryl methyl sites for hydroxylation is 2. The molecule has 0 N–H and O–H groups in total. The molecule has 0 saturated heterocycles. The van der Waals surface area contributed by atoms with E-state index in [2.05, 4.69) is 135 Å². The van der Waals surface area contributed by atoms with Gasteiger partial charge in [-0.1, -0.05) is 149 Å². The number of hydrogen-bond donors (Lipinski definition) is 0. The molecule has 2 fully saturated rings. The number of rotatable bonds is 11. The van der Waals surface area contributed by atoms with Crippen LogP contribution in [0.2, 0.25) is 0 Å². The third-order valence-electron chi connectivity index (χ3n) is 15.4. The Balaban J connectivity index is 0.875. The van der Waals surface area contributed by atoms with Crippen molar-refractivity contribution in [2.24, 2.45) is 11.8 Å². The summed E-state index contributed by atoms with van der Waals surface area (Å²) < 4.78 is 13.9. The Hall–Kier alpha value is -5.08. The first-order valence-electron chi connectivity index (χ1n) is 24.5. The van der Waals surface area contributed by atoms with Gasteiger partial charge in [0.25, 0.3) is 0 Å². The smallest absolute Gasteiger partial charge is 0.128 e. The van der Waals surface area contributed by atoms with Gasteiger partial charge in [0, 0.05) is 11.1 Å². The van der Waals surface area contributed by atoms with Crippen molar-refractivity contribution in [3.63, 3.8) is 0 Å². The highest BCUT2D eigenvalue weighted by Gasteiger charge is 2.27. The van der Waals surface area contributed by atoms with Crippen molar-refractivity contribution < 1.29 is 9.47 Å². The van der Waals surface area contributed by atoms with Gasteiger partial charge in [-0.05, 0) is 180 Å². The lowest BCUT2D eigenvalue weighted by molar-refractivity contribution is 0.302. The second-order valence-corrected chi connectivity index (χ2v) is 19.7. The Labute approximate surface area is 372 Å². The van der Waals surface area contributed by atoms with Crippen LogP contribution in [-0.4, -0.2) is 0 Å². The van der Waals surface area contributed by atoms with E-state index in [-0.39, 0.29) is 0 Å². The quantitative estimate of drug-likeness (QED) is 0.130. The zero-order valence-electron chi connectivity index (χ0n) is 37.4. The fraction of sp³-hybridized carbons (Fsp3) is 0.400. The second-order valence-electron chi connectivity index (χ2n) is 19.7. The summed E-state index contributed by atoms with van der Waals surface area (Å²) in [4.78, 5) is 0. The van der Waals surface area contributed by atoms with E-state index < -0.39 is 0 Å². The highest BCUT2D eigenvalue weighted by atomic mass is 16.5. The van der Waals surface area contributed by atoms with Crippen molar-refractivity contribution >= 4 is 0 Å². The van der Waals surface area contributed by atoms with Crippen LogP contribution in [0.3, 0.4) is 0 Å². The predicted octanol–water partition coefficient (Wildman–Crippen LogP) is 16.2. The van der Waals surface area contributed by atoms with E-state index in [1.165, 1.54) is 155 Å². The molecule has 4 aliphatic rings. The van der Waals surface area contributed by atoms with Gasteiger partial charge in [0.05, 0.1) is 0 Å². The summed E-state index contributed by atoms with van der Waals surface area (Å²) >= 11 is 0. The van der Waals surface area contributed by atoms with E-state index in [1.54, 1.807) is 0 Å². The predicted molar refractivity (Wildman–Crippen MR) is 258 cm³/mol. The van der Waals surface area contributed by atoms with Crippen molar-refractivity contribution in [3.8, 4) is 44.9 Å². The Bertz CT molecular complexity index is 2250. The van der Waals surface area contributed by atoms with Crippen LogP contribution in [0.1, 0.15) is 147 Å². The zero-order chi connectivity index (χ0) is 41.8. The van der Waals surface area contributed by atoms with Crippen LogP contribution in [0, 0.1) is 11.8 Å². The molecule has 0 bridgehead atoms. The maximum absolute atomic E-state index is 6.93. The fourth-order valence-electron chi connectivity index (χ4n) is 11.4. The minimum Gasteiger partial charge on any atom is -0.488 e. The van der Waals surface area contributed by atoms with Gasteiger partial charge in [-0.15, -0.1) is 0 Å². The SMILES string of the molecule is CC1CCC(c2ccc(-c3ccc(COc4ccc5c(c4-c4c(OCc6ccc(-c7ccc(C8CCC(C)CC8)cc7)cc6)ccc6c4CCCC6)CCCC5)cc3)cc2)CC1. The molecule has 0 heterocycles. The Morgan fingerprint density at radius 1 is 0.371 bits per heavy atom. The van der Waals surface area contributed by atoms with Crippen molar-refractivity contribution in [1.82, 2.24) is 0 Å². The standard InChI is InChI=1S/C60H66O2/c1-41-11-19-45(20-12-41)49-27-31-51(32-28-49)47-23-15-43(16-24-47)39-61-57-37-35-53-7-3-5-9-55(53)59(57)60-56-10-6-4-8-54(56)36-38-58(60)62-40-44-17-25-48(26-18-44)52-33-29-50(30-34-52)46-21-13-42(2)14-22-46/h15-18,23-38,41-42,45-46H,3-14,19-22,39-40H2,1-2H3. The molecule has 2 nitrogen and oxygen atoms in total. The summed E-state index contributed by atoms with van der Waals surface area (Å²) in [6, 6.07) is 46.1. The van der Waals surface area contributed by atoms with Crippen molar-refractivity contribution in [2.75, 3.05) is 0 Å². The third-order valence-corrected chi connectivity index (χ3v) is 15.4. The van der Waals surface area contributed by atoms with Crippen LogP contribution in [0.25, 0.3) is 33.4 Å². The maximum Gasteiger partial charge on any atom is 0.128 e. The van der Waals surface area contributed by atoms with Crippen molar-refractivity contribution in [3.05, 3.63) is 166 Å². The third kappa shape index (κ3) is 9.04. The summed E-state index contributed by atoms with van der Waals surface area (Å²) in [5, 5.41) is 0. The average Bonchev–Trinajstić information content (AvgIpc) is 3.33. The summed E-state index contributed by atoms with van der Waals surface area (Å²) in [5.41, 5.74) is 18.9. The number of hydrogen-bond acceptors (Lipinski definition) is 2. The van der Waals surface area contributed by atoms with Crippen LogP contribution < -0.4 is 9.47 Å². The van der Waals surface area contributed by atoms with Gasteiger partial charge in [-0.25, -0.2) is 0 Å². The summed E-state index contributed by atoms with van der Waals surface area (Å²) in [7, 11) is 0. The normalized spacial score (nSPS) is 21.1. The Morgan fingerprint density at radius 2 is 0.710 bits per heavy atom. The largest absolute Gasteiger partial charge is 0.488 e. The highest BCUT2D eigenvalue weighted by molar-refractivity contribution is 5.84. The van der Waals surface area contributed by atoms with Gasteiger partial charge in [0.2, 0.25) is 0 Å². The molecule has 0 aliphatic heterocycles. The van der Waals surface area contributed by atoms with Crippen LogP contribution >= 0.6 is 0 Å². The maximum atomic E-state index is 6.93. The lowest BCUT2D eigenvalue weighted by atomic mass is 9.79. The van der Waals surface area contributed by atoms with Crippen LogP contribution in [-0.2, 0) is 38.9 Å². The van der Waals surface area contributed by atoms with Crippen LogP contribution in [0.5, 0.6) is 11.5 Å². The molecule has 6 aromatic rings. The minimum atomic E-state index is 0.533. The molecule has 2 saturated carbocycles. The summed E-state index contributed by atoms with van der Waals surface area (Å²) in [6.07, 6.45) is 20.1. The van der Waals surface area contributed by atoms with Gasteiger partial charge in [-0.2, -0.15) is 0 Å². The molecule has 62 heavy (non-hydrogen) atoms. The van der Waals surface area contributed by atoms with Crippen LogP contribution in [0.4, 0.5) is 0 Å². The van der Waals surface area contributed by atoms with E-state index in [4.69, 9.17) is 9.47 Å². The molecule has 4 aliphatic carbocycles. The Morgan fingerprint density at radius 3 is 1.08 bits per heavy atom. The lowest BCUT2D eigenvalue weighted by Gasteiger charge is -2.28. The highest BCUT2D eigenvalue weighted by Crippen LogP contribution is 2.47. The van der Waals surface area contributed by atoms with Crippen LogP contribution in [0.15, 0.2) is 121 Å². The van der Waals surface area contributed by atoms with Gasteiger partial charge < -0.3 is 9.47 Å². The van der Waals surface area contributed by atoms with E-state index in [9.17, 15) is 0 Å². The molecule has 318 valence electrons. The zero-order valence-corrected chi connectivity index (χ0v) is 37.4. The number of ether oxygens (including phenoxy) is 2. The molecule has 0 aromatic heterocycles. The Kier molecular flexibility index (Phi) is 12.4. The topological polar surface area (TPSA) is 18.5 Å². The monoisotopic (exact) mass is 819 g/mol. The van der Waals surface area contributed by atoms with Gasteiger partial charge >= 0.3 is 0 Å². The molecular weight excluding hydrogens is 753 g/mol. The van der Waals surface area contributed by atoms with Gasteiger partial charge in [0.15, 0.2) is 0 Å². The van der Waals surface area contributed by atoms with E-state index >= 15 is 0 Å². The van der Waals surface area contributed by atoms with E-state index in [1.807, 2.05) is 0 Å². The molecule has 0 radical (unpaired) electrons. The first-order chi connectivity index (χ1) is 30.5. The van der Waals surface area contributed by atoms with E-state index in [0.717, 1.165) is 60.9 Å². The molecule has 0 amide bonds. The fourth-order valence-corrected chi connectivity index (χ4v) is 11.4. The molecule has 0 atom stereocenters. The van der Waals surface area contributed by atoms with Crippen molar-refractivity contribution in [2.45, 2.75) is 142 Å². The molecule has 6 aromatic carbocycles. The molecule has 10 rings (SSSR count). The second kappa shape index (κ2) is 18.7. The first kappa shape index (κ1) is 41.0. The lowest BCUT2D eigenvalue weighted by Crippen LogP contribution is -2.11. The minimum absolute atomic E-state index is 0.533. The van der Waals surface area contributed by atoms with Gasteiger partial charge in [0.1, 0.15) is 24.7 Å². The number of benzene rings is 6. The molecule has 0 spiro atoms. The molecule has 2 heteroatoms. The first-order valence-corrected chi connectivity index (χ1v) is 24.5.